The van der Waals surface area contributed by atoms with Crippen molar-refractivity contribution in [2.75, 3.05) is 33.4 Å². The molecule has 1 rings (SSSR count). The number of nitrogens with zero attached hydrogens (tertiary/aromatic N) is 4. The molecule has 0 fully saturated rings. The Balaban J connectivity index is 2.36. The molecule has 1 aromatic rings. The van der Waals surface area contributed by atoms with Crippen molar-refractivity contribution >= 4 is 5.91 Å². The quantitative estimate of drug-likeness (QED) is 0.640. The molecule has 0 aromatic carbocycles. The number of carbonyl (C=O) groups is 1. The summed E-state index contributed by atoms with van der Waals surface area (Å²) in [5.41, 5.74) is 0. The first-order chi connectivity index (χ1) is 8.16. The van der Waals surface area contributed by atoms with Crippen molar-refractivity contribution in [3.05, 3.63) is 12.7 Å². The molecule has 1 aromatic heterocycles. The molecule has 0 saturated heterocycles. The number of rotatable bonds is 7. The number of hydrogen-bond donors (Lipinski definition) is 1. The van der Waals surface area contributed by atoms with Gasteiger partial charge in [0.25, 0.3) is 0 Å². The first kappa shape index (κ1) is 13.6. The van der Waals surface area contributed by atoms with Gasteiger partial charge in [0.1, 0.15) is 18.7 Å². The van der Waals surface area contributed by atoms with Crippen LogP contribution in [0.25, 0.3) is 0 Å². The zero-order valence-corrected chi connectivity index (χ0v) is 10.1. The van der Waals surface area contributed by atoms with E-state index in [1.165, 1.54) is 17.3 Å². The summed E-state index contributed by atoms with van der Waals surface area (Å²) in [6.45, 7) is 2.94. The van der Waals surface area contributed by atoms with Gasteiger partial charge in [-0.05, 0) is 6.92 Å². The van der Waals surface area contributed by atoms with Crippen molar-refractivity contribution in [2.24, 2.45) is 0 Å². The van der Waals surface area contributed by atoms with E-state index in [2.05, 4.69) is 10.1 Å². The van der Waals surface area contributed by atoms with E-state index >= 15 is 0 Å². The van der Waals surface area contributed by atoms with E-state index in [-0.39, 0.29) is 18.6 Å². The molecule has 96 valence electrons. The summed E-state index contributed by atoms with van der Waals surface area (Å²) in [7, 11) is 1.71. The lowest BCUT2D eigenvalue weighted by Crippen LogP contribution is -2.35. The number of ether oxygens (including phenoxy) is 1. The Labute approximate surface area is 100 Å². The lowest BCUT2D eigenvalue weighted by Gasteiger charge is -2.21. The third-order valence-corrected chi connectivity index (χ3v) is 2.37. The van der Waals surface area contributed by atoms with Crippen LogP contribution in [0.1, 0.15) is 13.0 Å². The highest BCUT2D eigenvalue weighted by molar-refractivity contribution is 5.79. The van der Waals surface area contributed by atoms with E-state index in [0.717, 1.165) is 0 Å². The number of aliphatic hydroxyl groups excluding tert-OH is 1. The SMILES string of the molecule is CC(C(=O)N(C)CCOCCO)n1cncn1. The van der Waals surface area contributed by atoms with Gasteiger partial charge in [-0.3, -0.25) is 4.79 Å². The highest BCUT2D eigenvalue weighted by atomic mass is 16.5. The summed E-state index contributed by atoms with van der Waals surface area (Å²) < 4.78 is 6.60. The van der Waals surface area contributed by atoms with Crippen LogP contribution in [0, 0.1) is 0 Å². The molecule has 1 amide bonds. The molecule has 0 aliphatic heterocycles. The summed E-state index contributed by atoms with van der Waals surface area (Å²) in [4.78, 5) is 17.3. The van der Waals surface area contributed by atoms with Gasteiger partial charge in [-0.2, -0.15) is 5.10 Å². The summed E-state index contributed by atoms with van der Waals surface area (Å²) in [5.74, 6) is -0.0527. The normalized spacial score (nSPS) is 12.4. The first-order valence-corrected chi connectivity index (χ1v) is 5.44. The molecule has 0 bridgehead atoms. The second-order valence-corrected chi connectivity index (χ2v) is 3.65. The minimum atomic E-state index is -0.375. The smallest absolute Gasteiger partial charge is 0.247 e. The average Bonchev–Trinajstić information content (AvgIpc) is 2.86. The van der Waals surface area contributed by atoms with Crippen LogP contribution in [0.15, 0.2) is 12.7 Å². The second-order valence-electron chi connectivity index (χ2n) is 3.65. The van der Waals surface area contributed by atoms with Crippen LogP contribution in [-0.2, 0) is 9.53 Å². The van der Waals surface area contributed by atoms with Crippen LogP contribution in [0.5, 0.6) is 0 Å². The van der Waals surface area contributed by atoms with Crippen LogP contribution in [0.3, 0.4) is 0 Å². The van der Waals surface area contributed by atoms with Gasteiger partial charge >= 0.3 is 0 Å². The molecular weight excluding hydrogens is 224 g/mol. The van der Waals surface area contributed by atoms with Gasteiger partial charge in [0.2, 0.25) is 5.91 Å². The molecule has 0 spiro atoms. The molecule has 1 heterocycles. The fourth-order valence-electron chi connectivity index (χ4n) is 1.33. The minimum Gasteiger partial charge on any atom is -0.394 e. The van der Waals surface area contributed by atoms with Gasteiger partial charge in [-0.1, -0.05) is 0 Å². The zero-order valence-electron chi connectivity index (χ0n) is 10.1. The number of aromatic nitrogens is 3. The predicted octanol–water partition coefficient (Wildman–Crippen LogP) is -0.694. The molecule has 17 heavy (non-hydrogen) atoms. The fraction of sp³-hybridized carbons (Fsp3) is 0.700. The van der Waals surface area contributed by atoms with Crippen LogP contribution in [-0.4, -0.2) is 64.1 Å². The molecule has 1 atom stereocenters. The molecule has 0 radical (unpaired) electrons. The molecule has 1 N–H and O–H groups in total. The minimum absolute atomic E-state index is 0.00692. The lowest BCUT2D eigenvalue weighted by atomic mass is 10.3. The van der Waals surface area contributed by atoms with Crippen molar-refractivity contribution in [2.45, 2.75) is 13.0 Å². The van der Waals surface area contributed by atoms with Crippen LogP contribution >= 0.6 is 0 Å². The Morgan fingerprint density at radius 1 is 1.59 bits per heavy atom. The Kier molecular flexibility index (Phi) is 5.58. The van der Waals surface area contributed by atoms with E-state index < -0.39 is 0 Å². The van der Waals surface area contributed by atoms with Gasteiger partial charge in [-0.25, -0.2) is 9.67 Å². The van der Waals surface area contributed by atoms with Gasteiger partial charge in [0.05, 0.1) is 19.8 Å². The summed E-state index contributed by atoms with van der Waals surface area (Å²) >= 11 is 0. The Morgan fingerprint density at radius 3 is 2.94 bits per heavy atom. The first-order valence-electron chi connectivity index (χ1n) is 5.44. The number of carbonyl (C=O) groups excluding carboxylic acids is 1. The number of amides is 1. The average molecular weight is 242 g/mol. The largest absolute Gasteiger partial charge is 0.394 e. The van der Waals surface area contributed by atoms with Crippen molar-refractivity contribution < 1.29 is 14.6 Å². The third-order valence-electron chi connectivity index (χ3n) is 2.37. The highest BCUT2D eigenvalue weighted by Gasteiger charge is 2.19. The molecular formula is C10H18N4O3. The fourth-order valence-corrected chi connectivity index (χ4v) is 1.33. The maximum Gasteiger partial charge on any atom is 0.247 e. The van der Waals surface area contributed by atoms with Crippen LogP contribution < -0.4 is 0 Å². The van der Waals surface area contributed by atoms with Crippen molar-refractivity contribution in [3.63, 3.8) is 0 Å². The van der Waals surface area contributed by atoms with Crippen molar-refractivity contribution in [1.29, 1.82) is 0 Å². The highest BCUT2D eigenvalue weighted by Crippen LogP contribution is 2.05. The summed E-state index contributed by atoms with van der Waals surface area (Å²) in [6.07, 6.45) is 2.91. The lowest BCUT2D eigenvalue weighted by molar-refractivity contribution is -0.134. The molecule has 7 heteroatoms. The second kappa shape index (κ2) is 6.97. The number of aliphatic hydroxyl groups is 1. The van der Waals surface area contributed by atoms with Gasteiger partial charge < -0.3 is 14.7 Å². The summed E-state index contributed by atoms with van der Waals surface area (Å²) in [6, 6.07) is -0.375. The Bertz CT molecular complexity index is 328. The predicted molar refractivity (Wildman–Crippen MR) is 60.3 cm³/mol. The number of likely N-dealkylation sites (N-methyl/N-ethyl adjacent to an activating group) is 1. The molecule has 1 unspecified atom stereocenters. The van der Waals surface area contributed by atoms with E-state index in [0.29, 0.717) is 19.8 Å². The van der Waals surface area contributed by atoms with E-state index in [4.69, 9.17) is 9.84 Å². The van der Waals surface area contributed by atoms with E-state index in [1.807, 2.05) is 0 Å². The molecule has 0 saturated carbocycles. The number of hydrogen-bond acceptors (Lipinski definition) is 5. The molecule has 0 aliphatic carbocycles. The standard InChI is InChI=1S/C10H18N4O3/c1-9(14-8-11-7-12-14)10(16)13(2)3-5-17-6-4-15/h7-9,15H,3-6H2,1-2H3. The summed E-state index contributed by atoms with van der Waals surface area (Å²) in [5, 5.41) is 12.5. The molecule has 7 nitrogen and oxygen atoms in total. The monoisotopic (exact) mass is 242 g/mol. The Hall–Kier alpha value is -1.47. The van der Waals surface area contributed by atoms with E-state index in [9.17, 15) is 4.79 Å². The van der Waals surface area contributed by atoms with Gasteiger partial charge in [-0.15, -0.1) is 0 Å². The third kappa shape index (κ3) is 4.12. The van der Waals surface area contributed by atoms with Crippen LogP contribution in [0.4, 0.5) is 0 Å². The Morgan fingerprint density at radius 2 is 2.35 bits per heavy atom. The molecule has 0 aliphatic rings. The zero-order chi connectivity index (χ0) is 12.7. The topological polar surface area (TPSA) is 80.5 Å². The van der Waals surface area contributed by atoms with Crippen LogP contribution in [0.2, 0.25) is 0 Å². The van der Waals surface area contributed by atoms with Gasteiger partial charge in [0, 0.05) is 13.6 Å². The van der Waals surface area contributed by atoms with E-state index in [1.54, 1.807) is 18.9 Å². The maximum absolute atomic E-state index is 11.9. The van der Waals surface area contributed by atoms with Crippen molar-refractivity contribution in [1.82, 2.24) is 19.7 Å². The van der Waals surface area contributed by atoms with Gasteiger partial charge in [0.15, 0.2) is 0 Å². The maximum atomic E-state index is 11.9. The van der Waals surface area contributed by atoms with Crippen molar-refractivity contribution in [3.8, 4) is 0 Å².